The molecule has 4 heteroatoms. The second-order valence-electron chi connectivity index (χ2n) is 7.05. The van der Waals surface area contributed by atoms with Gasteiger partial charge in [0.05, 0.1) is 12.0 Å². The Morgan fingerprint density at radius 1 is 1.12 bits per heavy atom. The molecule has 0 aromatic heterocycles. The van der Waals surface area contributed by atoms with Crippen molar-refractivity contribution in [2.24, 2.45) is 5.92 Å². The number of anilines is 2. The fourth-order valence-electron chi connectivity index (χ4n) is 4.03. The van der Waals surface area contributed by atoms with E-state index in [-0.39, 0.29) is 11.8 Å². The summed E-state index contributed by atoms with van der Waals surface area (Å²) in [6, 6.07) is 16.5. The number of carbonyl (C=O) groups excluding carboxylic acids is 1. The normalized spacial score (nSPS) is 22.0. The number of hydrogen-bond donors (Lipinski definition) is 2. The van der Waals surface area contributed by atoms with Gasteiger partial charge < -0.3 is 15.3 Å². The van der Waals surface area contributed by atoms with Gasteiger partial charge in [-0.05, 0) is 48.9 Å². The maximum Gasteiger partial charge on any atom is 0.230 e. The smallest absolute Gasteiger partial charge is 0.230 e. The number of nitrogens with one attached hydrogen (secondary N) is 1. The Labute approximate surface area is 148 Å². The first-order valence-electron chi connectivity index (χ1n) is 9.12. The summed E-state index contributed by atoms with van der Waals surface area (Å²) in [6.45, 7) is 1.78. The van der Waals surface area contributed by atoms with Crippen molar-refractivity contribution in [3.63, 3.8) is 0 Å². The molecule has 2 unspecified atom stereocenters. The van der Waals surface area contributed by atoms with Gasteiger partial charge in [-0.1, -0.05) is 36.4 Å². The van der Waals surface area contributed by atoms with Crippen molar-refractivity contribution in [1.82, 2.24) is 0 Å². The summed E-state index contributed by atoms with van der Waals surface area (Å²) in [6.07, 6.45) is 2.99. The molecule has 2 aromatic rings. The standard InChI is InChI=1S/C21H24N2O2/c24-20-11-5-8-17(20)21(25)22-18-9-3-1-7-16(18)14-23-13-12-15-6-2-4-10-19(15)23/h1-4,6-7,9-10,17,20,24H,5,8,11-14H2,(H,22,25). The number of para-hydroxylation sites is 2. The Balaban J connectivity index is 1.51. The van der Waals surface area contributed by atoms with E-state index < -0.39 is 6.10 Å². The van der Waals surface area contributed by atoms with E-state index >= 15 is 0 Å². The van der Waals surface area contributed by atoms with Gasteiger partial charge in [0.2, 0.25) is 5.91 Å². The van der Waals surface area contributed by atoms with Crippen LogP contribution in [0.25, 0.3) is 0 Å². The van der Waals surface area contributed by atoms with E-state index in [9.17, 15) is 9.90 Å². The molecule has 2 aromatic carbocycles. The van der Waals surface area contributed by atoms with E-state index in [4.69, 9.17) is 0 Å². The summed E-state index contributed by atoms with van der Waals surface area (Å²) in [7, 11) is 0. The van der Waals surface area contributed by atoms with E-state index in [1.54, 1.807) is 0 Å². The van der Waals surface area contributed by atoms with Gasteiger partial charge in [0.15, 0.2) is 0 Å². The molecule has 2 aliphatic rings. The molecule has 0 radical (unpaired) electrons. The van der Waals surface area contributed by atoms with Crippen LogP contribution in [0, 0.1) is 5.92 Å². The van der Waals surface area contributed by atoms with Crippen LogP contribution in [-0.2, 0) is 17.8 Å². The lowest BCUT2D eigenvalue weighted by Crippen LogP contribution is -2.29. The number of amides is 1. The number of aliphatic hydroxyl groups excluding tert-OH is 1. The summed E-state index contributed by atoms with van der Waals surface area (Å²) in [5, 5.41) is 13.0. The second-order valence-corrected chi connectivity index (χ2v) is 7.05. The molecular formula is C21H24N2O2. The SMILES string of the molecule is O=C(Nc1ccccc1CN1CCc2ccccc21)C1CCCC1O. The maximum absolute atomic E-state index is 12.5. The minimum atomic E-state index is -0.502. The largest absolute Gasteiger partial charge is 0.392 e. The molecule has 0 bridgehead atoms. The van der Waals surface area contributed by atoms with Crippen LogP contribution in [0.3, 0.4) is 0 Å². The summed E-state index contributed by atoms with van der Waals surface area (Å²) in [5.74, 6) is -0.333. The molecule has 4 rings (SSSR count). The Morgan fingerprint density at radius 3 is 2.76 bits per heavy atom. The monoisotopic (exact) mass is 336 g/mol. The third kappa shape index (κ3) is 3.27. The Morgan fingerprint density at radius 2 is 1.92 bits per heavy atom. The predicted molar refractivity (Wildman–Crippen MR) is 99.6 cm³/mol. The fraction of sp³-hybridized carbons (Fsp3) is 0.381. The molecule has 1 fully saturated rings. The summed E-state index contributed by atoms with van der Waals surface area (Å²) < 4.78 is 0. The lowest BCUT2D eigenvalue weighted by atomic mass is 10.0. The average molecular weight is 336 g/mol. The van der Waals surface area contributed by atoms with Crippen LogP contribution in [0.1, 0.15) is 30.4 Å². The molecule has 1 saturated carbocycles. The summed E-state index contributed by atoms with van der Waals surface area (Å²) in [4.78, 5) is 14.9. The second kappa shape index (κ2) is 6.89. The van der Waals surface area contributed by atoms with Gasteiger partial charge in [-0.2, -0.15) is 0 Å². The Hall–Kier alpha value is -2.33. The quantitative estimate of drug-likeness (QED) is 0.900. The number of hydrogen-bond acceptors (Lipinski definition) is 3. The zero-order valence-corrected chi connectivity index (χ0v) is 14.3. The first-order valence-corrected chi connectivity index (χ1v) is 9.12. The van der Waals surface area contributed by atoms with Gasteiger partial charge in [-0.25, -0.2) is 0 Å². The van der Waals surface area contributed by atoms with E-state index in [1.807, 2.05) is 18.2 Å². The number of benzene rings is 2. The molecule has 130 valence electrons. The Bertz CT molecular complexity index is 774. The fourth-order valence-corrected chi connectivity index (χ4v) is 4.03. The van der Waals surface area contributed by atoms with Crippen molar-refractivity contribution >= 4 is 17.3 Å². The zero-order chi connectivity index (χ0) is 17.2. The van der Waals surface area contributed by atoms with E-state index in [1.165, 1.54) is 11.3 Å². The molecule has 25 heavy (non-hydrogen) atoms. The van der Waals surface area contributed by atoms with Crippen LogP contribution >= 0.6 is 0 Å². The van der Waals surface area contributed by atoms with Crippen LogP contribution in [0.2, 0.25) is 0 Å². The number of carbonyl (C=O) groups is 1. The number of nitrogens with zero attached hydrogens (tertiary/aromatic N) is 1. The highest BCUT2D eigenvalue weighted by Gasteiger charge is 2.31. The number of aliphatic hydroxyl groups is 1. The molecule has 1 aliphatic carbocycles. The highest BCUT2D eigenvalue weighted by Crippen LogP contribution is 2.31. The maximum atomic E-state index is 12.5. The molecule has 2 N–H and O–H groups in total. The Kier molecular flexibility index (Phi) is 4.45. The molecule has 1 aliphatic heterocycles. The summed E-state index contributed by atoms with van der Waals surface area (Å²) >= 11 is 0. The lowest BCUT2D eigenvalue weighted by molar-refractivity contribution is -0.122. The highest BCUT2D eigenvalue weighted by atomic mass is 16.3. The van der Waals surface area contributed by atoms with Crippen LogP contribution in [-0.4, -0.2) is 23.7 Å². The topological polar surface area (TPSA) is 52.6 Å². The highest BCUT2D eigenvalue weighted by molar-refractivity contribution is 5.93. The van der Waals surface area contributed by atoms with Crippen molar-refractivity contribution in [1.29, 1.82) is 0 Å². The van der Waals surface area contributed by atoms with Crippen molar-refractivity contribution in [2.75, 3.05) is 16.8 Å². The van der Waals surface area contributed by atoms with Gasteiger partial charge in [0, 0.05) is 24.5 Å². The van der Waals surface area contributed by atoms with Crippen LogP contribution in [0.5, 0.6) is 0 Å². The van der Waals surface area contributed by atoms with Crippen molar-refractivity contribution in [3.8, 4) is 0 Å². The van der Waals surface area contributed by atoms with Crippen molar-refractivity contribution in [2.45, 2.75) is 38.3 Å². The molecule has 2 atom stereocenters. The first-order chi connectivity index (χ1) is 12.2. The number of rotatable bonds is 4. The predicted octanol–water partition coefficient (Wildman–Crippen LogP) is 3.35. The number of fused-ring (bicyclic) bond motifs is 1. The summed E-state index contributed by atoms with van der Waals surface area (Å²) in [5.41, 5.74) is 4.64. The van der Waals surface area contributed by atoms with E-state index in [2.05, 4.69) is 40.5 Å². The van der Waals surface area contributed by atoms with Gasteiger partial charge in [-0.15, -0.1) is 0 Å². The van der Waals surface area contributed by atoms with Crippen LogP contribution in [0.15, 0.2) is 48.5 Å². The van der Waals surface area contributed by atoms with Gasteiger partial charge in [-0.3, -0.25) is 4.79 Å². The molecule has 0 saturated heterocycles. The van der Waals surface area contributed by atoms with Crippen LogP contribution in [0.4, 0.5) is 11.4 Å². The van der Waals surface area contributed by atoms with Gasteiger partial charge in [0.1, 0.15) is 0 Å². The van der Waals surface area contributed by atoms with Crippen LogP contribution < -0.4 is 10.2 Å². The zero-order valence-electron chi connectivity index (χ0n) is 14.3. The van der Waals surface area contributed by atoms with Gasteiger partial charge >= 0.3 is 0 Å². The molecule has 4 nitrogen and oxygen atoms in total. The lowest BCUT2D eigenvalue weighted by Gasteiger charge is -2.22. The van der Waals surface area contributed by atoms with Crippen molar-refractivity contribution < 1.29 is 9.90 Å². The molecule has 0 spiro atoms. The molecule has 1 amide bonds. The molecular weight excluding hydrogens is 312 g/mol. The van der Waals surface area contributed by atoms with E-state index in [0.29, 0.717) is 0 Å². The third-order valence-corrected chi connectivity index (χ3v) is 5.44. The minimum Gasteiger partial charge on any atom is -0.392 e. The van der Waals surface area contributed by atoms with Crippen molar-refractivity contribution in [3.05, 3.63) is 59.7 Å². The average Bonchev–Trinajstić information content (AvgIpc) is 3.23. The third-order valence-electron chi connectivity index (χ3n) is 5.44. The first kappa shape index (κ1) is 16.2. The minimum absolute atomic E-state index is 0.0562. The van der Waals surface area contributed by atoms with Gasteiger partial charge in [0.25, 0.3) is 0 Å². The molecule has 1 heterocycles. The van der Waals surface area contributed by atoms with E-state index in [0.717, 1.165) is 50.0 Å².